The molecule has 2 rings (SSSR count). The minimum Gasteiger partial charge on any atom is -0.399 e. The Bertz CT molecular complexity index is 265. The number of benzene rings is 1. The molecule has 3 nitrogen and oxygen atoms in total. The number of hydrogen-bond donors (Lipinski definition) is 1. The van der Waals surface area contributed by atoms with Crippen LogP contribution in [0.4, 0.5) is 11.4 Å². The van der Waals surface area contributed by atoms with Crippen molar-refractivity contribution in [3.05, 3.63) is 24.3 Å². The zero-order chi connectivity index (χ0) is 10.6. The molecule has 1 saturated heterocycles. The molecule has 1 aromatic rings. The van der Waals surface area contributed by atoms with Gasteiger partial charge in [-0.1, -0.05) is 0 Å². The Kier molecular flexibility index (Phi) is 3.77. The first kappa shape index (κ1) is 10.9. The maximum absolute atomic E-state index is 5.51. The van der Waals surface area contributed by atoms with E-state index in [4.69, 9.17) is 10.5 Å². The maximum atomic E-state index is 5.51. The molecular weight excluding hydrogens is 176 g/mol. The van der Waals surface area contributed by atoms with Crippen LogP contribution >= 0.6 is 0 Å². The van der Waals surface area contributed by atoms with Gasteiger partial charge in [0.2, 0.25) is 0 Å². The van der Waals surface area contributed by atoms with Gasteiger partial charge in [0.1, 0.15) is 0 Å². The Morgan fingerprint density at radius 1 is 1.29 bits per heavy atom. The number of rotatable bonds is 1. The van der Waals surface area contributed by atoms with Crippen LogP contribution in [0.15, 0.2) is 24.3 Å². The van der Waals surface area contributed by atoms with Gasteiger partial charge in [-0.25, -0.2) is 0 Å². The quantitative estimate of drug-likeness (QED) is 0.547. The number of nitrogen functional groups attached to an aromatic ring is 1. The predicted octanol–water partition coefficient (Wildman–Crippen LogP) is 1.74. The van der Waals surface area contributed by atoms with Gasteiger partial charge in [-0.3, -0.25) is 0 Å². The molecule has 78 valence electrons. The fourth-order valence-corrected chi connectivity index (χ4v) is 0.869. The predicted molar refractivity (Wildman–Crippen MR) is 60.6 cm³/mol. The van der Waals surface area contributed by atoms with Crippen LogP contribution in [0.25, 0.3) is 0 Å². The van der Waals surface area contributed by atoms with Crippen molar-refractivity contribution in [3.8, 4) is 0 Å². The zero-order valence-electron chi connectivity index (χ0n) is 9.03. The number of nitrogens with two attached hydrogens (primary N) is 1. The summed E-state index contributed by atoms with van der Waals surface area (Å²) in [5.41, 5.74) is 7.49. The number of epoxide rings is 1. The summed E-state index contributed by atoms with van der Waals surface area (Å²) in [7, 11) is 4.01. The second-order valence-corrected chi connectivity index (χ2v) is 3.63. The second-order valence-electron chi connectivity index (χ2n) is 3.63. The molecule has 1 aliphatic rings. The van der Waals surface area contributed by atoms with Crippen molar-refractivity contribution >= 4 is 11.4 Å². The summed E-state index contributed by atoms with van der Waals surface area (Å²) in [6.45, 7) is 3.04. The van der Waals surface area contributed by atoms with Crippen molar-refractivity contribution in [1.29, 1.82) is 0 Å². The molecule has 0 aromatic heterocycles. The molecule has 0 aliphatic carbocycles. The number of ether oxygens (including phenoxy) is 1. The molecule has 2 N–H and O–H groups in total. The lowest BCUT2D eigenvalue weighted by atomic mass is 10.3. The van der Waals surface area contributed by atoms with E-state index in [1.165, 1.54) is 5.69 Å². The number of nitrogens with zero attached hydrogens (tertiary/aromatic N) is 1. The average molecular weight is 194 g/mol. The molecule has 0 bridgehead atoms. The van der Waals surface area contributed by atoms with Crippen LogP contribution in [-0.4, -0.2) is 26.8 Å². The standard InChI is InChI=1S/C8H12N2.C3H6O/c1-10(2)8-5-3-7(9)4-6-8;1-3-2-4-3/h3-6H,9H2,1-2H3;3H,2H2,1H3. The van der Waals surface area contributed by atoms with Crippen LogP contribution in [0, 0.1) is 0 Å². The van der Waals surface area contributed by atoms with Gasteiger partial charge in [-0.15, -0.1) is 0 Å². The third kappa shape index (κ3) is 4.14. The monoisotopic (exact) mass is 194 g/mol. The van der Waals surface area contributed by atoms with Crippen molar-refractivity contribution < 1.29 is 4.74 Å². The van der Waals surface area contributed by atoms with E-state index in [2.05, 4.69) is 6.92 Å². The summed E-state index contributed by atoms with van der Waals surface area (Å²) < 4.78 is 4.71. The van der Waals surface area contributed by atoms with Gasteiger partial charge in [-0.2, -0.15) is 0 Å². The van der Waals surface area contributed by atoms with Gasteiger partial charge in [-0.05, 0) is 31.2 Å². The van der Waals surface area contributed by atoms with Gasteiger partial charge in [0.05, 0.1) is 12.7 Å². The van der Waals surface area contributed by atoms with Crippen LogP contribution in [0.3, 0.4) is 0 Å². The van der Waals surface area contributed by atoms with E-state index in [1.807, 2.05) is 43.3 Å². The van der Waals surface area contributed by atoms with Gasteiger partial charge in [0.25, 0.3) is 0 Å². The lowest BCUT2D eigenvalue weighted by Gasteiger charge is -2.11. The van der Waals surface area contributed by atoms with Crippen LogP contribution in [0.1, 0.15) is 6.92 Å². The first-order valence-corrected chi connectivity index (χ1v) is 4.74. The van der Waals surface area contributed by atoms with Crippen LogP contribution in [0.5, 0.6) is 0 Å². The summed E-state index contributed by atoms with van der Waals surface area (Å²) >= 11 is 0. The van der Waals surface area contributed by atoms with Crippen molar-refractivity contribution in [2.24, 2.45) is 0 Å². The minimum atomic E-state index is 0.583. The Hall–Kier alpha value is -1.22. The van der Waals surface area contributed by atoms with E-state index in [0.717, 1.165) is 12.3 Å². The largest absolute Gasteiger partial charge is 0.399 e. The highest BCUT2D eigenvalue weighted by Crippen LogP contribution is 2.12. The summed E-state index contributed by atoms with van der Waals surface area (Å²) in [5, 5.41) is 0. The van der Waals surface area contributed by atoms with E-state index >= 15 is 0 Å². The van der Waals surface area contributed by atoms with E-state index in [1.54, 1.807) is 0 Å². The van der Waals surface area contributed by atoms with Crippen molar-refractivity contribution in [2.45, 2.75) is 13.0 Å². The van der Waals surface area contributed by atoms with Crippen LogP contribution in [-0.2, 0) is 4.74 Å². The summed E-state index contributed by atoms with van der Waals surface area (Å²) in [6.07, 6.45) is 0.583. The Morgan fingerprint density at radius 2 is 1.71 bits per heavy atom. The molecule has 1 unspecified atom stereocenters. The highest BCUT2D eigenvalue weighted by molar-refractivity contribution is 5.51. The molecule has 3 heteroatoms. The van der Waals surface area contributed by atoms with Crippen molar-refractivity contribution in [2.75, 3.05) is 31.3 Å². The molecule has 14 heavy (non-hydrogen) atoms. The normalized spacial score (nSPS) is 18.1. The van der Waals surface area contributed by atoms with E-state index in [0.29, 0.717) is 6.10 Å². The summed E-state index contributed by atoms with van der Waals surface area (Å²) in [4.78, 5) is 2.04. The molecule has 1 aromatic carbocycles. The average Bonchev–Trinajstić information content (AvgIpc) is 2.89. The van der Waals surface area contributed by atoms with Gasteiger partial charge in [0, 0.05) is 25.5 Å². The van der Waals surface area contributed by atoms with E-state index < -0.39 is 0 Å². The molecule has 1 heterocycles. The fourth-order valence-electron chi connectivity index (χ4n) is 0.869. The molecule has 0 radical (unpaired) electrons. The molecule has 1 atom stereocenters. The maximum Gasteiger partial charge on any atom is 0.0781 e. The summed E-state index contributed by atoms with van der Waals surface area (Å²) in [5.74, 6) is 0. The van der Waals surface area contributed by atoms with Gasteiger partial charge < -0.3 is 15.4 Å². The first-order chi connectivity index (χ1) is 6.59. The van der Waals surface area contributed by atoms with Crippen LogP contribution in [0.2, 0.25) is 0 Å². The van der Waals surface area contributed by atoms with Crippen molar-refractivity contribution in [3.63, 3.8) is 0 Å². The molecule has 0 saturated carbocycles. The highest BCUT2D eigenvalue weighted by atomic mass is 16.6. The lowest BCUT2D eigenvalue weighted by Crippen LogP contribution is -2.08. The third-order valence-electron chi connectivity index (χ3n) is 1.91. The molecule has 0 spiro atoms. The number of anilines is 2. The Labute approximate surface area is 85.5 Å². The second kappa shape index (κ2) is 4.86. The summed E-state index contributed by atoms with van der Waals surface area (Å²) in [6, 6.07) is 7.79. The Balaban J connectivity index is 0.000000203. The molecular formula is C11H18N2O. The SMILES string of the molecule is CC1CO1.CN(C)c1ccc(N)cc1. The first-order valence-electron chi connectivity index (χ1n) is 4.74. The van der Waals surface area contributed by atoms with Crippen molar-refractivity contribution in [1.82, 2.24) is 0 Å². The smallest absolute Gasteiger partial charge is 0.0781 e. The highest BCUT2D eigenvalue weighted by Gasteiger charge is 2.13. The van der Waals surface area contributed by atoms with Gasteiger partial charge >= 0.3 is 0 Å². The Morgan fingerprint density at radius 3 is 2.00 bits per heavy atom. The molecule has 0 amide bonds. The lowest BCUT2D eigenvalue weighted by molar-refractivity contribution is 0.423. The van der Waals surface area contributed by atoms with E-state index in [9.17, 15) is 0 Å². The minimum absolute atomic E-state index is 0.583. The fraction of sp³-hybridized carbons (Fsp3) is 0.455. The molecule has 1 aliphatic heterocycles. The third-order valence-corrected chi connectivity index (χ3v) is 1.91. The van der Waals surface area contributed by atoms with E-state index in [-0.39, 0.29) is 0 Å². The number of hydrogen-bond acceptors (Lipinski definition) is 3. The zero-order valence-corrected chi connectivity index (χ0v) is 9.03. The van der Waals surface area contributed by atoms with Crippen LogP contribution < -0.4 is 10.6 Å². The topological polar surface area (TPSA) is 41.8 Å². The molecule has 1 fully saturated rings. The van der Waals surface area contributed by atoms with Gasteiger partial charge in [0.15, 0.2) is 0 Å².